The Labute approximate surface area is 80.1 Å². The number of nitrogens with one attached hydrogen (secondary N) is 1. The molecule has 2 rings (SSSR count). The Morgan fingerprint density at radius 2 is 2.23 bits per heavy atom. The molecule has 0 aliphatic heterocycles. The van der Waals surface area contributed by atoms with Crippen LogP contribution in [0.3, 0.4) is 0 Å². The van der Waals surface area contributed by atoms with Gasteiger partial charge in [-0.2, -0.15) is 0 Å². The second-order valence-electron chi connectivity index (χ2n) is 4.57. The fourth-order valence-corrected chi connectivity index (χ4v) is 2.95. The van der Waals surface area contributed by atoms with Crippen LogP contribution in [0.15, 0.2) is 0 Å². The largest absolute Gasteiger partial charge is 0.356 e. The molecule has 0 saturated heterocycles. The second kappa shape index (κ2) is 3.69. The van der Waals surface area contributed by atoms with Gasteiger partial charge in [-0.1, -0.05) is 13.3 Å². The Hall–Kier alpha value is -0.530. The minimum absolute atomic E-state index is 0.328. The third kappa shape index (κ3) is 1.72. The first-order chi connectivity index (χ1) is 6.31. The molecular formula is C11H19NO. The molecule has 2 saturated carbocycles. The number of carbonyl (C=O) groups is 1. The van der Waals surface area contributed by atoms with E-state index in [2.05, 4.69) is 12.2 Å². The van der Waals surface area contributed by atoms with Gasteiger partial charge in [0.2, 0.25) is 5.91 Å². The topological polar surface area (TPSA) is 29.1 Å². The molecule has 2 heteroatoms. The summed E-state index contributed by atoms with van der Waals surface area (Å²) >= 11 is 0. The van der Waals surface area contributed by atoms with Crippen molar-refractivity contribution in [1.82, 2.24) is 5.32 Å². The van der Waals surface area contributed by atoms with Crippen molar-refractivity contribution < 1.29 is 4.79 Å². The molecule has 74 valence electrons. The van der Waals surface area contributed by atoms with Gasteiger partial charge in [-0.05, 0) is 37.5 Å². The highest BCUT2D eigenvalue weighted by Crippen LogP contribution is 2.48. The van der Waals surface area contributed by atoms with Gasteiger partial charge in [0.1, 0.15) is 0 Å². The smallest absolute Gasteiger partial charge is 0.223 e. The molecule has 0 aromatic heterocycles. The standard InChI is InChI=1S/C11H19NO/c1-2-5-12-11(13)10-7-8-3-4-9(10)6-8/h8-10H,2-7H2,1H3,(H,12,13). The SMILES string of the molecule is CCCNC(=O)C1CC2CCC1C2. The first-order valence-electron chi connectivity index (χ1n) is 5.59. The summed E-state index contributed by atoms with van der Waals surface area (Å²) in [6.07, 6.45) is 6.22. The van der Waals surface area contributed by atoms with Crippen LogP contribution in [0.1, 0.15) is 39.0 Å². The Morgan fingerprint density at radius 1 is 1.38 bits per heavy atom. The van der Waals surface area contributed by atoms with Crippen molar-refractivity contribution in [3.8, 4) is 0 Å². The lowest BCUT2D eigenvalue weighted by molar-refractivity contribution is -0.126. The van der Waals surface area contributed by atoms with E-state index in [0.29, 0.717) is 11.8 Å². The molecule has 2 aliphatic rings. The molecule has 0 heterocycles. The predicted molar refractivity (Wildman–Crippen MR) is 52.2 cm³/mol. The van der Waals surface area contributed by atoms with Gasteiger partial charge in [0.05, 0.1) is 0 Å². The van der Waals surface area contributed by atoms with Crippen LogP contribution in [0.5, 0.6) is 0 Å². The summed E-state index contributed by atoms with van der Waals surface area (Å²) in [5, 5.41) is 3.02. The molecule has 0 aromatic rings. The van der Waals surface area contributed by atoms with E-state index >= 15 is 0 Å². The minimum Gasteiger partial charge on any atom is -0.356 e. The van der Waals surface area contributed by atoms with Gasteiger partial charge in [-0.25, -0.2) is 0 Å². The molecule has 2 fully saturated rings. The second-order valence-corrected chi connectivity index (χ2v) is 4.57. The average Bonchev–Trinajstić information content (AvgIpc) is 2.74. The summed E-state index contributed by atoms with van der Waals surface area (Å²) in [7, 11) is 0. The van der Waals surface area contributed by atoms with Crippen molar-refractivity contribution >= 4 is 5.91 Å². The number of rotatable bonds is 3. The molecule has 1 N–H and O–H groups in total. The van der Waals surface area contributed by atoms with Gasteiger partial charge in [0.15, 0.2) is 0 Å². The summed E-state index contributed by atoms with van der Waals surface area (Å²) in [6, 6.07) is 0. The van der Waals surface area contributed by atoms with Crippen LogP contribution >= 0.6 is 0 Å². The van der Waals surface area contributed by atoms with Gasteiger partial charge in [-0.15, -0.1) is 0 Å². The number of hydrogen-bond donors (Lipinski definition) is 1. The summed E-state index contributed by atoms with van der Waals surface area (Å²) in [4.78, 5) is 11.7. The molecule has 1 amide bonds. The van der Waals surface area contributed by atoms with Crippen molar-refractivity contribution in [1.29, 1.82) is 0 Å². The van der Waals surface area contributed by atoms with Crippen LogP contribution in [0.2, 0.25) is 0 Å². The normalized spacial score (nSPS) is 36.5. The lowest BCUT2D eigenvalue weighted by atomic mass is 9.88. The fourth-order valence-electron chi connectivity index (χ4n) is 2.95. The van der Waals surface area contributed by atoms with E-state index in [1.165, 1.54) is 25.7 Å². The maximum Gasteiger partial charge on any atom is 0.223 e. The van der Waals surface area contributed by atoms with E-state index in [1.807, 2.05) is 0 Å². The summed E-state index contributed by atoms with van der Waals surface area (Å²) in [6.45, 7) is 2.95. The van der Waals surface area contributed by atoms with E-state index in [-0.39, 0.29) is 0 Å². The van der Waals surface area contributed by atoms with Gasteiger partial charge in [0, 0.05) is 12.5 Å². The zero-order valence-corrected chi connectivity index (χ0v) is 8.38. The van der Waals surface area contributed by atoms with Gasteiger partial charge >= 0.3 is 0 Å². The number of hydrogen-bond acceptors (Lipinski definition) is 1. The Kier molecular flexibility index (Phi) is 2.56. The molecule has 2 bridgehead atoms. The summed E-state index contributed by atoms with van der Waals surface area (Å²) < 4.78 is 0. The number of fused-ring (bicyclic) bond motifs is 2. The Balaban J connectivity index is 1.84. The monoisotopic (exact) mass is 181 g/mol. The highest BCUT2D eigenvalue weighted by molar-refractivity contribution is 5.79. The van der Waals surface area contributed by atoms with E-state index in [4.69, 9.17) is 0 Å². The highest BCUT2D eigenvalue weighted by atomic mass is 16.1. The van der Waals surface area contributed by atoms with Crippen LogP contribution in [0.25, 0.3) is 0 Å². The van der Waals surface area contributed by atoms with Crippen molar-refractivity contribution in [2.75, 3.05) is 6.54 Å². The van der Waals surface area contributed by atoms with E-state index < -0.39 is 0 Å². The lowest BCUT2D eigenvalue weighted by Gasteiger charge is -2.20. The summed E-state index contributed by atoms with van der Waals surface area (Å²) in [5.41, 5.74) is 0. The predicted octanol–water partition coefficient (Wildman–Crippen LogP) is 1.95. The summed E-state index contributed by atoms with van der Waals surface area (Å²) in [5.74, 6) is 2.29. The molecule has 0 spiro atoms. The van der Waals surface area contributed by atoms with E-state index in [0.717, 1.165) is 24.8 Å². The van der Waals surface area contributed by atoms with Crippen LogP contribution in [0, 0.1) is 17.8 Å². The Morgan fingerprint density at radius 3 is 2.77 bits per heavy atom. The molecule has 0 aromatic carbocycles. The van der Waals surface area contributed by atoms with Crippen molar-refractivity contribution in [3.05, 3.63) is 0 Å². The molecular weight excluding hydrogens is 162 g/mol. The average molecular weight is 181 g/mol. The zero-order valence-electron chi connectivity index (χ0n) is 8.38. The van der Waals surface area contributed by atoms with E-state index in [1.54, 1.807) is 0 Å². The molecule has 2 nitrogen and oxygen atoms in total. The van der Waals surface area contributed by atoms with E-state index in [9.17, 15) is 4.79 Å². The fraction of sp³-hybridized carbons (Fsp3) is 0.909. The minimum atomic E-state index is 0.328. The van der Waals surface area contributed by atoms with Gasteiger partial charge in [0.25, 0.3) is 0 Å². The zero-order chi connectivity index (χ0) is 9.26. The van der Waals surface area contributed by atoms with Crippen LogP contribution in [0.4, 0.5) is 0 Å². The van der Waals surface area contributed by atoms with Crippen molar-refractivity contribution in [2.24, 2.45) is 17.8 Å². The van der Waals surface area contributed by atoms with Crippen molar-refractivity contribution in [2.45, 2.75) is 39.0 Å². The maximum absolute atomic E-state index is 11.7. The van der Waals surface area contributed by atoms with Crippen LogP contribution in [-0.2, 0) is 4.79 Å². The number of carbonyl (C=O) groups excluding carboxylic acids is 1. The van der Waals surface area contributed by atoms with Gasteiger partial charge < -0.3 is 5.32 Å². The quantitative estimate of drug-likeness (QED) is 0.708. The molecule has 0 radical (unpaired) electrons. The maximum atomic E-state index is 11.7. The molecule has 3 atom stereocenters. The first-order valence-corrected chi connectivity index (χ1v) is 5.59. The molecule has 3 unspecified atom stereocenters. The van der Waals surface area contributed by atoms with Crippen LogP contribution in [-0.4, -0.2) is 12.5 Å². The first kappa shape index (κ1) is 9.04. The van der Waals surface area contributed by atoms with Gasteiger partial charge in [-0.3, -0.25) is 4.79 Å². The van der Waals surface area contributed by atoms with Crippen LogP contribution < -0.4 is 5.32 Å². The highest BCUT2D eigenvalue weighted by Gasteiger charge is 2.42. The number of amides is 1. The molecule has 13 heavy (non-hydrogen) atoms. The third-order valence-electron chi connectivity index (χ3n) is 3.62. The third-order valence-corrected chi connectivity index (χ3v) is 3.62. The lowest BCUT2D eigenvalue weighted by Crippen LogP contribution is -2.33. The van der Waals surface area contributed by atoms with Crippen molar-refractivity contribution in [3.63, 3.8) is 0 Å². The molecule has 2 aliphatic carbocycles. The Bertz CT molecular complexity index is 202.